The van der Waals surface area contributed by atoms with E-state index in [1.54, 1.807) is 24.1 Å². The minimum atomic E-state index is -1.02. The van der Waals surface area contributed by atoms with Crippen LogP contribution in [0.15, 0.2) is 18.3 Å². The molecular weight excluding hydrogens is 294 g/mol. The lowest BCUT2D eigenvalue weighted by Crippen LogP contribution is -2.45. The molecule has 0 fully saturated rings. The van der Waals surface area contributed by atoms with Crippen molar-refractivity contribution in [2.24, 2.45) is 5.92 Å². The van der Waals surface area contributed by atoms with Crippen molar-refractivity contribution in [3.8, 4) is 0 Å². The van der Waals surface area contributed by atoms with Crippen LogP contribution in [0.2, 0.25) is 5.02 Å². The zero-order valence-electron chi connectivity index (χ0n) is 12.3. The van der Waals surface area contributed by atoms with Gasteiger partial charge in [-0.25, -0.2) is 9.78 Å². The number of aromatic nitrogens is 1. The van der Waals surface area contributed by atoms with Crippen molar-refractivity contribution in [3.05, 3.63) is 23.4 Å². The summed E-state index contributed by atoms with van der Waals surface area (Å²) >= 11 is 5.75. The summed E-state index contributed by atoms with van der Waals surface area (Å²) < 4.78 is 0. The molecule has 0 aliphatic rings. The smallest absolute Gasteiger partial charge is 0.326 e. The molecule has 2 N–H and O–H groups in total. The largest absolute Gasteiger partial charge is 0.480 e. The number of nitrogens with one attached hydrogen (secondary N) is 1. The van der Waals surface area contributed by atoms with Gasteiger partial charge < -0.3 is 15.3 Å². The highest BCUT2D eigenvalue weighted by atomic mass is 35.5. The highest BCUT2D eigenvalue weighted by molar-refractivity contribution is 6.30. The molecule has 0 aromatic carbocycles. The Morgan fingerprint density at radius 3 is 2.57 bits per heavy atom. The number of amides is 1. The van der Waals surface area contributed by atoms with Crippen LogP contribution in [0.5, 0.6) is 0 Å². The van der Waals surface area contributed by atoms with Crippen molar-refractivity contribution in [1.82, 2.24) is 10.3 Å². The number of carbonyl (C=O) groups is 2. The van der Waals surface area contributed by atoms with E-state index in [0.29, 0.717) is 17.3 Å². The minimum absolute atomic E-state index is 0.0243. The number of pyridine rings is 1. The predicted molar refractivity (Wildman–Crippen MR) is 81.5 cm³/mol. The lowest BCUT2D eigenvalue weighted by molar-refractivity contribution is -0.142. The minimum Gasteiger partial charge on any atom is -0.480 e. The maximum absolute atomic E-state index is 11.9. The highest BCUT2D eigenvalue weighted by Crippen LogP contribution is 2.12. The lowest BCUT2D eigenvalue weighted by Gasteiger charge is -2.20. The van der Waals surface area contributed by atoms with Crippen LogP contribution >= 0.6 is 11.6 Å². The molecular formula is C14H20ClN3O3. The van der Waals surface area contributed by atoms with Crippen LogP contribution in [0.25, 0.3) is 0 Å². The third-order valence-electron chi connectivity index (χ3n) is 2.82. The number of aliphatic carboxylic acids is 1. The van der Waals surface area contributed by atoms with Crippen LogP contribution in [-0.2, 0) is 9.59 Å². The van der Waals surface area contributed by atoms with Crippen LogP contribution in [0.1, 0.15) is 20.3 Å². The molecule has 1 rings (SSSR count). The fourth-order valence-electron chi connectivity index (χ4n) is 1.82. The van der Waals surface area contributed by atoms with Gasteiger partial charge >= 0.3 is 5.97 Å². The van der Waals surface area contributed by atoms with E-state index < -0.39 is 12.0 Å². The third-order valence-corrected chi connectivity index (χ3v) is 3.05. The number of likely N-dealkylation sites (N-methyl/N-ethyl adjacent to an activating group) is 1. The normalized spacial score (nSPS) is 12.0. The Morgan fingerprint density at radius 1 is 1.43 bits per heavy atom. The maximum atomic E-state index is 11.9. The van der Waals surface area contributed by atoms with Crippen molar-refractivity contribution in [2.75, 3.05) is 18.5 Å². The summed E-state index contributed by atoms with van der Waals surface area (Å²) in [6.45, 7) is 3.84. The molecule has 0 saturated heterocycles. The Balaban J connectivity index is 2.59. The van der Waals surface area contributed by atoms with E-state index in [1.165, 1.54) is 6.20 Å². The SMILES string of the molecule is CC(C)C[C@H](NC(=O)CN(C)c1ccc(Cl)cn1)C(=O)O. The van der Waals surface area contributed by atoms with Gasteiger partial charge in [0.05, 0.1) is 11.6 Å². The quantitative estimate of drug-likeness (QED) is 0.802. The topological polar surface area (TPSA) is 82.5 Å². The molecule has 21 heavy (non-hydrogen) atoms. The summed E-state index contributed by atoms with van der Waals surface area (Å²) in [5.41, 5.74) is 0. The van der Waals surface area contributed by atoms with Gasteiger partial charge in [0.15, 0.2) is 0 Å². The number of carbonyl (C=O) groups excluding carboxylic acids is 1. The third kappa shape index (κ3) is 5.99. The number of hydrogen-bond acceptors (Lipinski definition) is 4. The Kier molecular flexibility index (Phi) is 6.42. The van der Waals surface area contributed by atoms with E-state index in [0.717, 1.165) is 0 Å². The van der Waals surface area contributed by atoms with Gasteiger partial charge in [0.1, 0.15) is 11.9 Å². The molecule has 0 bridgehead atoms. The van der Waals surface area contributed by atoms with Crippen LogP contribution < -0.4 is 10.2 Å². The summed E-state index contributed by atoms with van der Waals surface area (Å²) in [5, 5.41) is 12.1. The van der Waals surface area contributed by atoms with E-state index >= 15 is 0 Å². The number of carboxylic acid groups (broad SMARTS) is 1. The van der Waals surface area contributed by atoms with E-state index in [1.807, 2.05) is 13.8 Å². The summed E-state index contributed by atoms with van der Waals surface area (Å²) in [6, 6.07) is 2.50. The molecule has 1 heterocycles. The molecule has 1 aromatic rings. The highest BCUT2D eigenvalue weighted by Gasteiger charge is 2.21. The molecule has 1 atom stereocenters. The molecule has 116 valence electrons. The van der Waals surface area contributed by atoms with Gasteiger partial charge in [-0.3, -0.25) is 4.79 Å². The number of anilines is 1. The molecule has 0 saturated carbocycles. The van der Waals surface area contributed by atoms with Crippen molar-refractivity contribution in [1.29, 1.82) is 0 Å². The van der Waals surface area contributed by atoms with E-state index in [4.69, 9.17) is 16.7 Å². The van der Waals surface area contributed by atoms with Crippen LogP contribution in [0, 0.1) is 5.92 Å². The Labute approximate surface area is 129 Å². The number of nitrogens with zero attached hydrogens (tertiary/aromatic N) is 2. The second kappa shape index (κ2) is 7.83. The Hall–Kier alpha value is -1.82. The summed E-state index contributed by atoms with van der Waals surface area (Å²) in [4.78, 5) is 28.7. The number of hydrogen-bond donors (Lipinski definition) is 2. The second-order valence-electron chi connectivity index (χ2n) is 5.28. The summed E-state index contributed by atoms with van der Waals surface area (Å²) in [5.74, 6) is -0.612. The maximum Gasteiger partial charge on any atom is 0.326 e. The van der Waals surface area contributed by atoms with Crippen molar-refractivity contribution in [2.45, 2.75) is 26.3 Å². The average Bonchev–Trinajstić information content (AvgIpc) is 2.37. The molecule has 6 nitrogen and oxygen atoms in total. The van der Waals surface area contributed by atoms with E-state index in [2.05, 4.69) is 10.3 Å². The van der Waals surface area contributed by atoms with Gasteiger partial charge in [-0.15, -0.1) is 0 Å². The monoisotopic (exact) mass is 313 g/mol. The van der Waals surface area contributed by atoms with Gasteiger partial charge in [0.25, 0.3) is 0 Å². The van der Waals surface area contributed by atoms with E-state index in [-0.39, 0.29) is 18.4 Å². The Bertz CT molecular complexity index is 491. The molecule has 1 aromatic heterocycles. The first kappa shape index (κ1) is 17.2. The van der Waals surface area contributed by atoms with Gasteiger partial charge in [-0.05, 0) is 24.5 Å². The molecule has 0 radical (unpaired) electrons. The molecule has 0 aliphatic heterocycles. The standard InChI is InChI=1S/C14H20ClN3O3/c1-9(2)6-11(14(20)21)17-13(19)8-18(3)12-5-4-10(15)7-16-12/h4-5,7,9,11H,6,8H2,1-3H3,(H,17,19)(H,20,21)/t11-/m0/s1. The zero-order chi connectivity index (χ0) is 16.0. The number of rotatable bonds is 7. The predicted octanol–water partition coefficient (Wildman–Crippen LogP) is 1.79. The lowest BCUT2D eigenvalue weighted by atomic mass is 10.0. The van der Waals surface area contributed by atoms with Crippen molar-refractivity contribution < 1.29 is 14.7 Å². The Morgan fingerprint density at radius 2 is 2.10 bits per heavy atom. The number of halogens is 1. The summed E-state index contributed by atoms with van der Waals surface area (Å²) in [7, 11) is 1.70. The first-order chi connectivity index (χ1) is 9.79. The fourth-order valence-corrected chi connectivity index (χ4v) is 1.93. The molecule has 7 heteroatoms. The first-order valence-electron chi connectivity index (χ1n) is 6.64. The van der Waals surface area contributed by atoms with Crippen LogP contribution in [-0.4, -0.2) is 41.6 Å². The van der Waals surface area contributed by atoms with Crippen molar-refractivity contribution in [3.63, 3.8) is 0 Å². The summed E-state index contributed by atoms with van der Waals surface area (Å²) in [6.07, 6.45) is 1.88. The van der Waals surface area contributed by atoms with Gasteiger partial charge in [0, 0.05) is 13.2 Å². The zero-order valence-corrected chi connectivity index (χ0v) is 13.1. The van der Waals surface area contributed by atoms with Crippen molar-refractivity contribution >= 4 is 29.3 Å². The number of carboxylic acids is 1. The van der Waals surface area contributed by atoms with Gasteiger partial charge in [-0.2, -0.15) is 0 Å². The van der Waals surface area contributed by atoms with Gasteiger partial charge in [-0.1, -0.05) is 25.4 Å². The molecule has 0 aliphatic carbocycles. The van der Waals surface area contributed by atoms with Gasteiger partial charge in [0.2, 0.25) is 5.91 Å². The molecule has 0 spiro atoms. The molecule has 1 amide bonds. The molecule has 0 unspecified atom stereocenters. The first-order valence-corrected chi connectivity index (χ1v) is 7.02. The fraction of sp³-hybridized carbons (Fsp3) is 0.500. The van der Waals surface area contributed by atoms with Crippen LogP contribution in [0.4, 0.5) is 5.82 Å². The average molecular weight is 314 g/mol. The van der Waals surface area contributed by atoms with Crippen LogP contribution in [0.3, 0.4) is 0 Å². The van der Waals surface area contributed by atoms with E-state index in [9.17, 15) is 9.59 Å². The second-order valence-corrected chi connectivity index (χ2v) is 5.72.